The number of amides is 3. The van der Waals surface area contributed by atoms with Gasteiger partial charge in [0, 0.05) is 22.7 Å². The summed E-state index contributed by atoms with van der Waals surface area (Å²) in [5.41, 5.74) is 3.80. The lowest BCUT2D eigenvalue weighted by molar-refractivity contribution is -0.138. The van der Waals surface area contributed by atoms with E-state index in [1.54, 1.807) is 24.3 Å². The number of carbonyl (C=O) groups is 3. The number of rotatable bonds is 10. The summed E-state index contributed by atoms with van der Waals surface area (Å²) in [7, 11) is 0. The minimum absolute atomic E-state index is 0.0434. The van der Waals surface area contributed by atoms with Gasteiger partial charge in [0.05, 0.1) is 12.8 Å². The smallest absolute Gasteiger partial charge is 0.278 e. The van der Waals surface area contributed by atoms with Crippen LogP contribution in [0.15, 0.2) is 117 Å². The minimum Gasteiger partial charge on any atom is -0.467 e. The van der Waals surface area contributed by atoms with Crippen molar-refractivity contribution in [2.75, 3.05) is 10.6 Å². The van der Waals surface area contributed by atoms with Crippen LogP contribution in [0.3, 0.4) is 0 Å². The molecule has 8 heteroatoms. The lowest BCUT2D eigenvalue weighted by Crippen LogP contribution is -2.31. The molecule has 1 aromatic heterocycles. The van der Waals surface area contributed by atoms with Crippen LogP contribution in [0.1, 0.15) is 23.3 Å². The van der Waals surface area contributed by atoms with Crippen molar-refractivity contribution < 1.29 is 18.8 Å². The Morgan fingerprint density at radius 3 is 2.26 bits per heavy atom. The summed E-state index contributed by atoms with van der Waals surface area (Å²) in [6.45, 7) is 2.02. The van der Waals surface area contributed by atoms with Crippen molar-refractivity contribution in [1.29, 1.82) is 0 Å². The molecule has 0 fully saturated rings. The number of nitrogens with zero attached hydrogens (tertiary/aromatic N) is 1. The molecule has 0 aliphatic carbocycles. The summed E-state index contributed by atoms with van der Waals surface area (Å²) >= 11 is 1.21. The highest BCUT2D eigenvalue weighted by Crippen LogP contribution is 2.37. The predicted molar refractivity (Wildman–Crippen MR) is 152 cm³/mol. The van der Waals surface area contributed by atoms with Crippen molar-refractivity contribution in [2.24, 2.45) is 0 Å². The van der Waals surface area contributed by atoms with Crippen LogP contribution >= 0.6 is 11.8 Å². The highest BCUT2D eigenvalue weighted by atomic mass is 32.2. The predicted octanol–water partition coefficient (Wildman–Crippen LogP) is 6.14. The number of aryl methyl sites for hydroxylation is 2. The second-order valence-corrected chi connectivity index (χ2v) is 10.2. The number of anilines is 2. The molecule has 7 nitrogen and oxygen atoms in total. The molecule has 0 saturated carbocycles. The zero-order valence-corrected chi connectivity index (χ0v) is 22.2. The van der Waals surface area contributed by atoms with E-state index in [9.17, 15) is 14.4 Å². The molecule has 4 aromatic rings. The van der Waals surface area contributed by atoms with Crippen LogP contribution in [-0.4, -0.2) is 22.6 Å². The molecule has 3 amide bonds. The molecule has 0 unspecified atom stereocenters. The first-order valence-corrected chi connectivity index (χ1v) is 13.4. The Morgan fingerprint density at radius 1 is 0.846 bits per heavy atom. The zero-order chi connectivity index (χ0) is 27.2. The van der Waals surface area contributed by atoms with Crippen molar-refractivity contribution in [3.8, 4) is 0 Å². The maximum atomic E-state index is 13.4. The quantitative estimate of drug-likeness (QED) is 0.236. The van der Waals surface area contributed by atoms with E-state index >= 15 is 0 Å². The molecule has 196 valence electrons. The molecular formula is C31H27N3O4S. The highest BCUT2D eigenvalue weighted by Gasteiger charge is 2.39. The molecule has 0 radical (unpaired) electrons. The summed E-state index contributed by atoms with van der Waals surface area (Å²) < 4.78 is 5.37. The van der Waals surface area contributed by atoms with E-state index in [4.69, 9.17) is 4.42 Å². The Morgan fingerprint density at radius 2 is 1.56 bits per heavy atom. The summed E-state index contributed by atoms with van der Waals surface area (Å²) in [4.78, 5) is 41.4. The number of nitrogens with one attached hydrogen (secondary N) is 2. The fraction of sp³-hybridized carbons (Fsp3) is 0.129. The van der Waals surface area contributed by atoms with Crippen molar-refractivity contribution in [3.63, 3.8) is 0 Å². The van der Waals surface area contributed by atoms with E-state index in [0.717, 1.165) is 16.0 Å². The van der Waals surface area contributed by atoms with Gasteiger partial charge in [-0.3, -0.25) is 19.3 Å². The molecule has 2 N–H and O–H groups in total. The monoisotopic (exact) mass is 537 g/mol. The molecular weight excluding hydrogens is 510 g/mol. The third-order valence-corrected chi connectivity index (χ3v) is 7.27. The lowest BCUT2D eigenvalue weighted by Gasteiger charge is -2.13. The van der Waals surface area contributed by atoms with E-state index in [1.807, 2.05) is 73.7 Å². The Kier molecular flexibility index (Phi) is 7.94. The van der Waals surface area contributed by atoms with Crippen LogP contribution in [-0.2, 0) is 27.3 Å². The number of carbonyl (C=O) groups excluding carboxylic acids is 3. The van der Waals surface area contributed by atoms with Crippen LogP contribution in [0.5, 0.6) is 0 Å². The first-order valence-electron chi connectivity index (χ1n) is 12.5. The Hall–Kier alpha value is -4.56. The Labute approximate surface area is 230 Å². The van der Waals surface area contributed by atoms with Crippen LogP contribution in [0.4, 0.5) is 11.4 Å². The van der Waals surface area contributed by atoms with Gasteiger partial charge >= 0.3 is 0 Å². The number of furan rings is 1. The average molecular weight is 538 g/mol. The van der Waals surface area contributed by atoms with Gasteiger partial charge in [-0.2, -0.15) is 0 Å². The lowest BCUT2D eigenvalue weighted by atomic mass is 10.1. The van der Waals surface area contributed by atoms with Gasteiger partial charge in [-0.05, 0) is 67.4 Å². The third-order valence-electron chi connectivity index (χ3n) is 6.18. The van der Waals surface area contributed by atoms with Crippen LogP contribution < -0.4 is 10.6 Å². The van der Waals surface area contributed by atoms with Crippen molar-refractivity contribution in [3.05, 3.63) is 125 Å². The number of benzene rings is 3. The first kappa shape index (κ1) is 26.1. The minimum atomic E-state index is -0.415. The SMILES string of the molecule is Cc1ccc(NC2=C(Sc3ccc(NC(=O)CCc4ccccc4)cc3)C(=O)N(Cc3ccco3)C2=O)cc1. The van der Waals surface area contributed by atoms with E-state index in [-0.39, 0.29) is 18.1 Å². The molecule has 0 saturated heterocycles. The molecule has 1 aliphatic heterocycles. The number of imide groups is 1. The van der Waals surface area contributed by atoms with Gasteiger partial charge in [0.25, 0.3) is 11.8 Å². The molecule has 0 atom stereocenters. The normalized spacial score (nSPS) is 13.2. The maximum absolute atomic E-state index is 13.4. The molecule has 3 aromatic carbocycles. The number of thioether (sulfide) groups is 1. The van der Waals surface area contributed by atoms with Gasteiger partial charge in [-0.25, -0.2) is 0 Å². The summed E-state index contributed by atoms with van der Waals surface area (Å²) in [6.07, 6.45) is 2.55. The number of hydrogen-bond donors (Lipinski definition) is 2. The second-order valence-electron chi connectivity index (χ2n) is 9.13. The van der Waals surface area contributed by atoms with Crippen LogP contribution in [0.2, 0.25) is 0 Å². The summed E-state index contributed by atoms with van der Waals surface area (Å²) in [6, 6.07) is 28.1. The fourth-order valence-corrected chi connectivity index (χ4v) is 5.04. The Balaban J connectivity index is 1.30. The zero-order valence-electron chi connectivity index (χ0n) is 21.3. The van der Waals surface area contributed by atoms with Crippen molar-refractivity contribution >= 4 is 40.9 Å². The van der Waals surface area contributed by atoms with Gasteiger partial charge in [0.1, 0.15) is 16.4 Å². The molecule has 2 heterocycles. The molecule has 0 bridgehead atoms. The summed E-state index contributed by atoms with van der Waals surface area (Å²) in [5.74, 6) is -0.363. The highest BCUT2D eigenvalue weighted by molar-refractivity contribution is 8.04. The average Bonchev–Trinajstić information content (AvgIpc) is 3.54. The first-order chi connectivity index (χ1) is 19.0. The van der Waals surface area contributed by atoms with Crippen molar-refractivity contribution in [2.45, 2.75) is 31.2 Å². The molecule has 0 spiro atoms. The van der Waals surface area contributed by atoms with Crippen molar-refractivity contribution in [1.82, 2.24) is 4.90 Å². The Bertz CT molecular complexity index is 1500. The molecule has 1 aliphatic rings. The van der Waals surface area contributed by atoms with E-state index in [0.29, 0.717) is 34.9 Å². The van der Waals surface area contributed by atoms with Gasteiger partial charge in [-0.15, -0.1) is 0 Å². The van der Waals surface area contributed by atoms with E-state index < -0.39 is 11.8 Å². The van der Waals surface area contributed by atoms with Gasteiger partial charge in [0.2, 0.25) is 5.91 Å². The maximum Gasteiger partial charge on any atom is 0.278 e. The van der Waals surface area contributed by atoms with Crippen LogP contribution in [0.25, 0.3) is 0 Å². The van der Waals surface area contributed by atoms with Crippen LogP contribution in [0, 0.1) is 6.92 Å². The van der Waals surface area contributed by atoms with Gasteiger partial charge < -0.3 is 15.1 Å². The van der Waals surface area contributed by atoms with E-state index in [2.05, 4.69) is 10.6 Å². The fourth-order valence-electron chi connectivity index (χ4n) is 4.09. The topological polar surface area (TPSA) is 91.7 Å². The van der Waals surface area contributed by atoms with Gasteiger partial charge in [-0.1, -0.05) is 59.8 Å². The third kappa shape index (κ3) is 6.48. The van der Waals surface area contributed by atoms with Gasteiger partial charge in [0.15, 0.2) is 0 Å². The standard InChI is InChI=1S/C31H27N3O4S/c1-21-9-12-24(13-10-21)33-28-29(31(37)34(30(28)36)20-25-8-5-19-38-25)39-26-16-14-23(15-17-26)32-27(35)18-11-22-6-3-2-4-7-22/h2-10,12-17,19,33H,11,18,20H2,1H3,(H,32,35). The molecule has 39 heavy (non-hydrogen) atoms. The second kappa shape index (κ2) is 11.9. The number of hydrogen-bond acceptors (Lipinski definition) is 6. The largest absolute Gasteiger partial charge is 0.467 e. The summed E-state index contributed by atoms with van der Waals surface area (Å²) in [5, 5.41) is 6.07. The molecule has 5 rings (SSSR count). The van der Waals surface area contributed by atoms with E-state index in [1.165, 1.54) is 22.9 Å².